The molecule has 0 aliphatic heterocycles. The number of rotatable bonds is 4. The van der Waals surface area contributed by atoms with Crippen LogP contribution in [0.5, 0.6) is 11.5 Å². The van der Waals surface area contributed by atoms with E-state index in [1.54, 1.807) is 25.1 Å². The summed E-state index contributed by atoms with van der Waals surface area (Å²) in [5.74, 6) is 1.29. The molecule has 1 N–H and O–H groups in total. The lowest BCUT2D eigenvalue weighted by Crippen LogP contribution is -2.21. The first-order valence-corrected chi connectivity index (χ1v) is 8.29. The maximum absolute atomic E-state index is 12.9. The number of aromatic amines is 1. The summed E-state index contributed by atoms with van der Waals surface area (Å²) in [5, 5.41) is 0.968. The van der Waals surface area contributed by atoms with Gasteiger partial charge in [0.25, 0.3) is 5.56 Å². The minimum absolute atomic E-state index is 0.0985. The minimum atomic E-state index is -0.0985. The fourth-order valence-corrected chi connectivity index (χ4v) is 3.19. The van der Waals surface area contributed by atoms with Crippen molar-refractivity contribution in [3.63, 3.8) is 0 Å². The number of H-pyrrole nitrogens is 1. The summed E-state index contributed by atoms with van der Waals surface area (Å²) >= 11 is 0. The number of aromatic nitrogens is 3. The van der Waals surface area contributed by atoms with Crippen molar-refractivity contribution in [1.29, 1.82) is 0 Å². The fourth-order valence-electron chi connectivity index (χ4n) is 3.19. The van der Waals surface area contributed by atoms with Crippen molar-refractivity contribution in [2.24, 2.45) is 0 Å². The Kier molecular flexibility index (Phi) is 3.88. The molecule has 2 aromatic carbocycles. The van der Waals surface area contributed by atoms with Gasteiger partial charge in [0.1, 0.15) is 11.0 Å². The smallest absolute Gasteiger partial charge is 0.277 e. The molecule has 0 spiro atoms. The second-order valence-electron chi connectivity index (χ2n) is 6.26. The summed E-state index contributed by atoms with van der Waals surface area (Å²) in [5.41, 5.74) is 4.11. The number of aryl methyl sites for hydroxylation is 1. The Bertz CT molecular complexity index is 1170. The van der Waals surface area contributed by atoms with Gasteiger partial charge in [-0.1, -0.05) is 17.7 Å². The van der Waals surface area contributed by atoms with Gasteiger partial charge in [0.15, 0.2) is 11.5 Å². The highest BCUT2D eigenvalue weighted by atomic mass is 16.5. The molecule has 4 rings (SSSR count). The van der Waals surface area contributed by atoms with Crippen LogP contribution in [0.1, 0.15) is 11.1 Å². The van der Waals surface area contributed by atoms with E-state index in [2.05, 4.69) is 9.97 Å². The molecule has 0 radical (unpaired) electrons. The molecular weight excluding hydrogens is 330 g/mol. The molecule has 0 unspecified atom stereocenters. The Labute approximate surface area is 150 Å². The van der Waals surface area contributed by atoms with Gasteiger partial charge in [-0.15, -0.1) is 0 Å². The van der Waals surface area contributed by atoms with E-state index in [0.717, 1.165) is 22.0 Å². The zero-order valence-electron chi connectivity index (χ0n) is 14.9. The molecule has 26 heavy (non-hydrogen) atoms. The van der Waals surface area contributed by atoms with Crippen molar-refractivity contribution in [3.05, 3.63) is 64.2 Å². The number of benzene rings is 2. The van der Waals surface area contributed by atoms with Crippen LogP contribution in [0.2, 0.25) is 0 Å². The fraction of sp³-hybridized carbons (Fsp3) is 0.200. The number of hydrogen-bond acceptors (Lipinski definition) is 4. The zero-order chi connectivity index (χ0) is 18.3. The molecule has 6 heteroatoms. The molecule has 0 atom stereocenters. The number of ether oxygens (including phenoxy) is 2. The Morgan fingerprint density at radius 3 is 2.65 bits per heavy atom. The first-order valence-electron chi connectivity index (χ1n) is 8.29. The van der Waals surface area contributed by atoms with Gasteiger partial charge in [-0.05, 0) is 36.8 Å². The highest BCUT2D eigenvalue weighted by Gasteiger charge is 2.12. The lowest BCUT2D eigenvalue weighted by atomic mass is 10.1. The van der Waals surface area contributed by atoms with Crippen LogP contribution in [0.15, 0.2) is 47.5 Å². The minimum Gasteiger partial charge on any atom is -0.493 e. The molecule has 132 valence electrons. The van der Waals surface area contributed by atoms with Crippen molar-refractivity contribution in [1.82, 2.24) is 14.5 Å². The average Bonchev–Trinajstić information content (AvgIpc) is 3.02. The van der Waals surface area contributed by atoms with E-state index in [1.807, 2.05) is 43.3 Å². The maximum Gasteiger partial charge on any atom is 0.277 e. The molecule has 6 nitrogen and oxygen atoms in total. The van der Waals surface area contributed by atoms with Gasteiger partial charge in [-0.3, -0.25) is 9.36 Å². The highest BCUT2D eigenvalue weighted by molar-refractivity contribution is 6.04. The molecule has 0 saturated heterocycles. The Hall–Kier alpha value is -3.28. The molecule has 0 aliphatic rings. The van der Waals surface area contributed by atoms with Crippen molar-refractivity contribution in [2.45, 2.75) is 13.5 Å². The average molecular weight is 349 g/mol. The van der Waals surface area contributed by atoms with Crippen molar-refractivity contribution < 1.29 is 9.47 Å². The van der Waals surface area contributed by atoms with Crippen LogP contribution in [0.25, 0.3) is 21.9 Å². The van der Waals surface area contributed by atoms with Crippen LogP contribution < -0.4 is 15.0 Å². The zero-order valence-corrected chi connectivity index (χ0v) is 14.9. The van der Waals surface area contributed by atoms with E-state index >= 15 is 0 Å². The predicted octanol–water partition coefficient (Wildman–Crippen LogP) is 3.25. The third-order valence-corrected chi connectivity index (χ3v) is 4.53. The van der Waals surface area contributed by atoms with E-state index in [1.165, 1.54) is 0 Å². The largest absolute Gasteiger partial charge is 0.493 e. The lowest BCUT2D eigenvalue weighted by molar-refractivity contribution is 0.354. The third kappa shape index (κ3) is 2.60. The number of hydrogen-bond donors (Lipinski definition) is 1. The number of methoxy groups -OCH3 is 2. The summed E-state index contributed by atoms with van der Waals surface area (Å²) in [4.78, 5) is 20.6. The first kappa shape index (κ1) is 16.2. The molecule has 4 aromatic rings. The number of nitrogens with zero attached hydrogens (tertiary/aromatic N) is 2. The Balaban J connectivity index is 1.79. The lowest BCUT2D eigenvalue weighted by Gasteiger charge is -2.10. The molecule has 0 bridgehead atoms. The Morgan fingerprint density at radius 2 is 1.88 bits per heavy atom. The van der Waals surface area contributed by atoms with Gasteiger partial charge in [-0.2, -0.15) is 0 Å². The van der Waals surface area contributed by atoms with Crippen molar-refractivity contribution in [2.75, 3.05) is 14.2 Å². The molecule has 0 saturated carbocycles. The quantitative estimate of drug-likeness (QED) is 0.614. The topological polar surface area (TPSA) is 69.1 Å². The van der Waals surface area contributed by atoms with E-state index in [9.17, 15) is 4.79 Å². The molecular formula is C20H19N3O3. The van der Waals surface area contributed by atoms with Gasteiger partial charge >= 0.3 is 0 Å². The maximum atomic E-state index is 12.9. The van der Waals surface area contributed by atoms with E-state index in [0.29, 0.717) is 29.1 Å². The predicted molar refractivity (Wildman–Crippen MR) is 101 cm³/mol. The Morgan fingerprint density at radius 1 is 1.08 bits per heavy atom. The normalized spacial score (nSPS) is 11.2. The van der Waals surface area contributed by atoms with Gasteiger partial charge in [0.05, 0.1) is 27.1 Å². The van der Waals surface area contributed by atoms with Crippen LogP contribution in [-0.2, 0) is 6.54 Å². The standard InChI is InChI=1S/C20H19N3O3/c1-12-4-6-15-14(8-12)18-19(22-15)20(24)23(11-21-18)10-13-5-7-16(25-2)17(9-13)26-3/h4-9,11,22H,10H2,1-3H3. The van der Waals surface area contributed by atoms with E-state index in [-0.39, 0.29) is 5.56 Å². The molecule has 0 fully saturated rings. The summed E-state index contributed by atoms with van der Waals surface area (Å²) in [6, 6.07) is 11.6. The molecule has 2 heterocycles. The monoisotopic (exact) mass is 349 g/mol. The number of fused-ring (bicyclic) bond motifs is 3. The van der Waals surface area contributed by atoms with E-state index < -0.39 is 0 Å². The van der Waals surface area contributed by atoms with Gasteiger partial charge in [0.2, 0.25) is 0 Å². The van der Waals surface area contributed by atoms with E-state index in [4.69, 9.17) is 9.47 Å². The highest BCUT2D eigenvalue weighted by Crippen LogP contribution is 2.28. The van der Waals surface area contributed by atoms with Gasteiger partial charge in [0, 0.05) is 10.9 Å². The van der Waals surface area contributed by atoms with Crippen LogP contribution in [0.3, 0.4) is 0 Å². The summed E-state index contributed by atoms with van der Waals surface area (Å²) < 4.78 is 12.2. The van der Waals surface area contributed by atoms with Crippen LogP contribution in [0, 0.1) is 6.92 Å². The molecule has 2 aromatic heterocycles. The second-order valence-corrected chi connectivity index (χ2v) is 6.26. The summed E-state index contributed by atoms with van der Waals surface area (Å²) in [7, 11) is 3.19. The van der Waals surface area contributed by atoms with Gasteiger partial charge in [-0.25, -0.2) is 4.98 Å². The first-order chi connectivity index (χ1) is 12.6. The SMILES string of the molecule is COc1ccc(Cn2cnc3c([nH]c4ccc(C)cc43)c2=O)cc1OC. The number of nitrogens with one attached hydrogen (secondary N) is 1. The van der Waals surface area contributed by atoms with Crippen molar-refractivity contribution >= 4 is 21.9 Å². The summed E-state index contributed by atoms with van der Waals surface area (Å²) in [6.07, 6.45) is 1.59. The third-order valence-electron chi connectivity index (χ3n) is 4.53. The van der Waals surface area contributed by atoms with Crippen LogP contribution in [-0.4, -0.2) is 28.8 Å². The van der Waals surface area contributed by atoms with Crippen molar-refractivity contribution in [3.8, 4) is 11.5 Å². The van der Waals surface area contributed by atoms with Gasteiger partial charge < -0.3 is 14.5 Å². The summed E-state index contributed by atoms with van der Waals surface area (Å²) in [6.45, 7) is 2.42. The second kappa shape index (κ2) is 6.22. The molecule has 0 aliphatic carbocycles. The van der Waals surface area contributed by atoms with Crippen LogP contribution in [0.4, 0.5) is 0 Å². The molecule has 0 amide bonds. The van der Waals surface area contributed by atoms with Crippen LogP contribution >= 0.6 is 0 Å².